The van der Waals surface area contributed by atoms with E-state index in [1.807, 2.05) is 0 Å². The minimum Gasteiger partial charge on any atom is -0.343 e. The van der Waals surface area contributed by atoms with Crippen LogP contribution in [0.3, 0.4) is 0 Å². The van der Waals surface area contributed by atoms with Crippen LogP contribution in [-0.2, 0) is 11.2 Å². The summed E-state index contributed by atoms with van der Waals surface area (Å²) in [6.45, 7) is 0.947. The second-order valence-corrected chi connectivity index (χ2v) is 5.02. The van der Waals surface area contributed by atoms with Gasteiger partial charge in [-0.15, -0.1) is 0 Å². The van der Waals surface area contributed by atoms with Gasteiger partial charge in [0, 0.05) is 37.9 Å². The summed E-state index contributed by atoms with van der Waals surface area (Å²) >= 11 is 0. The molecule has 2 bridgehead atoms. The Balaban J connectivity index is 1.64. The highest BCUT2D eigenvalue weighted by molar-refractivity contribution is 5.80. The Hall–Kier alpha value is -1.23. The van der Waals surface area contributed by atoms with E-state index < -0.39 is 0 Å². The fourth-order valence-electron chi connectivity index (χ4n) is 3.16. The first-order valence-corrected chi connectivity index (χ1v) is 6.35. The molecular formula is C12H17N3O2. The minimum atomic E-state index is 0.440. The molecule has 5 heteroatoms. The third kappa shape index (κ3) is 2.24. The number of carbonyl (C=O) groups is 1. The van der Waals surface area contributed by atoms with Crippen LogP contribution in [0, 0.1) is 0 Å². The molecule has 2 atom stereocenters. The van der Waals surface area contributed by atoms with Crippen LogP contribution in [0.4, 0.5) is 0 Å². The summed E-state index contributed by atoms with van der Waals surface area (Å²) in [5.41, 5.74) is 0. The van der Waals surface area contributed by atoms with Crippen LogP contribution in [0.25, 0.3) is 0 Å². The van der Waals surface area contributed by atoms with Crippen LogP contribution in [0.15, 0.2) is 10.9 Å². The molecule has 0 N–H and O–H groups in total. The maximum atomic E-state index is 11.6. The Morgan fingerprint density at radius 1 is 1.35 bits per heavy atom. The predicted octanol–water partition coefficient (Wildman–Crippen LogP) is 1.20. The fourth-order valence-corrected chi connectivity index (χ4v) is 3.16. The van der Waals surface area contributed by atoms with Crippen LogP contribution in [0.1, 0.15) is 37.9 Å². The van der Waals surface area contributed by atoms with Gasteiger partial charge < -0.3 is 4.52 Å². The maximum Gasteiger partial charge on any atom is 0.213 e. The van der Waals surface area contributed by atoms with Crippen molar-refractivity contribution in [2.24, 2.45) is 0 Å². The number of ketones is 1. The average molecular weight is 235 g/mol. The lowest BCUT2D eigenvalue weighted by Gasteiger charge is -2.45. The zero-order chi connectivity index (χ0) is 11.7. The zero-order valence-electron chi connectivity index (χ0n) is 9.84. The van der Waals surface area contributed by atoms with Crippen molar-refractivity contribution >= 4 is 5.78 Å². The molecule has 2 aliphatic heterocycles. The summed E-state index contributed by atoms with van der Waals surface area (Å²) in [5.74, 6) is 1.20. The highest BCUT2D eigenvalue weighted by Crippen LogP contribution is 2.32. The van der Waals surface area contributed by atoms with E-state index in [0.717, 1.165) is 44.5 Å². The molecule has 2 saturated heterocycles. The summed E-state index contributed by atoms with van der Waals surface area (Å²) in [7, 11) is 0. The molecule has 3 heterocycles. The second kappa shape index (κ2) is 4.56. The van der Waals surface area contributed by atoms with Crippen LogP contribution < -0.4 is 0 Å². The number of hydrogen-bond donors (Lipinski definition) is 0. The Morgan fingerprint density at radius 3 is 2.76 bits per heavy atom. The summed E-state index contributed by atoms with van der Waals surface area (Å²) < 4.78 is 4.73. The lowest BCUT2D eigenvalue weighted by molar-refractivity contribution is -0.127. The summed E-state index contributed by atoms with van der Waals surface area (Å²) in [6, 6.07) is 0.920. The number of fused-ring (bicyclic) bond motifs is 2. The Morgan fingerprint density at radius 2 is 2.12 bits per heavy atom. The molecule has 1 aromatic heterocycles. The van der Waals surface area contributed by atoms with Gasteiger partial charge in [-0.05, 0) is 12.8 Å². The molecule has 3 rings (SSSR count). The molecule has 0 saturated carbocycles. The lowest BCUT2D eigenvalue weighted by atomic mass is 9.83. The SMILES string of the molecule is O=C1CC2CCCC(C1)N2CCc1ncon1. The van der Waals surface area contributed by atoms with Gasteiger partial charge >= 0.3 is 0 Å². The zero-order valence-corrected chi connectivity index (χ0v) is 9.84. The summed E-state index contributed by atoms with van der Waals surface area (Å²) in [6.07, 6.45) is 7.25. The van der Waals surface area contributed by atoms with Gasteiger partial charge in [0.25, 0.3) is 0 Å². The predicted molar refractivity (Wildman–Crippen MR) is 60.4 cm³/mol. The van der Waals surface area contributed by atoms with Crippen molar-refractivity contribution in [1.29, 1.82) is 0 Å². The first-order chi connectivity index (χ1) is 8.33. The molecule has 0 aromatic carbocycles. The average Bonchev–Trinajstić information content (AvgIpc) is 2.79. The quantitative estimate of drug-likeness (QED) is 0.787. The van der Waals surface area contributed by atoms with E-state index in [1.54, 1.807) is 0 Å². The first-order valence-electron chi connectivity index (χ1n) is 6.35. The van der Waals surface area contributed by atoms with Crippen molar-refractivity contribution in [3.05, 3.63) is 12.2 Å². The van der Waals surface area contributed by atoms with Crippen LogP contribution in [-0.4, -0.2) is 39.5 Å². The number of piperidine rings is 2. The highest BCUT2D eigenvalue weighted by atomic mass is 16.5. The van der Waals surface area contributed by atoms with Crippen LogP contribution >= 0.6 is 0 Å². The molecule has 0 radical (unpaired) electrons. The van der Waals surface area contributed by atoms with E-state index in [2.05, 4.69) is 15.0 Å². The van der Waals surface area contributed by atoms with Gasteiger partial charge in [0.2, 0.25) is 6.39 Å². The fraction of sp³-hybridized carbons (Fsp3) is 0.750. The van der Waals surface area contributed by atoms with Crippen molar-refractivity contribution in [2.75, 3.05) is 6.54 Å². The molecule has 1 aromatic rings. The van der Waals surface area contributed by atoms with Gasteiger partial charge in [-0.2, -0.15) is 4.98 Å². The van der Waals surface area contributed by atoms with Crippen molar-refractivity contribution in [2.45, 2.75) is 50.6 Å². The van der Waals surface area contributed by atoms with Crippen molar-refractivity contribution in [3.8, 4) is 0 Å². The summed E-state index contributed by atoms with van der Waals surface area (Å²) in [5, 5.41) is 3.83. The van der Waals surface area contributed by atoms with Crippen molar-refractivity contribution in [1.82, 2.24) is 15.0 Å². The third-order valence-corrected chi connectivity index (χ3v) is 3.94. The standard InChI is InChI=1S/C12H17N3O2/c16-11-6-9-2-1-3-10(7-11)15(9)5-4-12-13-8-17-14-12/h8-10H,1-7H2. The number of nitrogens with zero attached hydrogens (tertiary/aromatic N) is 3. The topological polar surface area (TPSA) is 59.2 Å². The number of carbonyl (C=O) groups excluding carboxylic acids is 1. The number of Topliss-reactive ketones (excluding diaryl/α,β-unsaturated/α-hetero) is 1. The molecule has 17 heavy (non-hydrogen) atoms. The molecule has 0 amide bonds. The number of rotatable bonds is 3. The van der Waals surface area contributed by atoms with Crippen LogP contribution in [0.2, 0.25) is 0 Å². The van der Waals surface area contributed by atoms with Gasteiger partial charge in [0.05, 0.1) is 0 Å². The molecule has 2 fully saturated rings. The lowest BCUT2D eigenvalue weighted by Crippen LogP contribution is -2.52. The van der Waals surface area contributed by atoms with Gasteiger partial charge in [0.1, 0.15) is 5.78 Å². The van der Waals surface area contributed by atoms with Crippen molar-refractivity contribution < 1.29 is 9.32 Å². The molecule has 2 aliphatic rings. The summed E-state index contributed by atoms with van der Waals surface area (Å²) in [4.78, 5) is 18.1. The van der Waals surface area contributed by atoms with E-state index >= 15 is 0 Å². The maximum absolute atomic E-state index is 11.6. The smallest absolute Gasteiger partial charge is 0.213 e. The van der Waals surface area contributed by atoms with E-state index in [0.29, 0.717) is 17.9 Å². The Kier molecular flexibility index (Phi) is 2.93. The van der Waals surface area contributed by atoms with E-state index in [1.165, 1.54) is 12.8 Å². The Bertz CT molecular complexity index is 374. The molecule has 5 nitrogen and oxygen atoms in total. The minimum absolute atomic E-state index is 0.440. The third-order valence-electron chi connectivity index (χ3n) is 3.94. The van der Waals surface area contributed by atoms with Gasteiger partial charge in [-0.1, -0.05) is 11.6 Å². The number of aromatic nitrogens is 2. The molecular weight excluding hydrogens is 218 g/mol. The van der Waals surface area contributed by atoms with Crippen molar-refractivity contribution in [3.63, 3.8) is 0 Å². The molecule has 92 valence electrons. The number of hydrogen-bond acceptors (Lipinski definition) is 5. The largest absolute Gasteiger partial charge is 0.343 e. The first kappa shape index (κ1) is 10.9. The Labute approximate surface area is 100 Å². The van der Waals surface area contributed by atoms with E-state index in [4.69, 9.17) is 4.52 Å². The normalized spacial score (nSPS) is 29.5. The van der Waals surface area contributed by atoms with E-state index in [-0.39, 0.29) is 0 Å². The highest BCUT2D eigenvalue weighted by Gasteiger charge is 2.37. The van der Waals surface area contributed by atoms with Crippen LogP contribution in [0.5, 0.6) is 0 Å². The monoisotopic (exact) mass is 235 g/mol. The second-order valence-electron chi connectivity index (χ2n) is 5.02. The van der Waals surface area contributed by atoms with Gasteiger partial charge in [-0.25, -0.2) is 0 Å². The van der Waals surface area contributed by atoms with Gasteiger partial charge in [0.15, 0.2) is 5.82 Å². The molecule has 2 unspecified atom stereocenters. The van der Waals surface area contributed by atoms with Gasteiger partial charge in [-0.3, -0.25) is 9.69 Å². The molecule has 0 spiro atoms. The van der Waals surface area contributed by atoms with E-state index in [9.17, 15) is 4.79 Å². The molecule has 0 aliphatic carbocycles.